The zero-order valence-electron chi connectivity index (χ0n) is 11.7. The zero-order chi connectivity index (χ0) is 14.5. The Morgan fingerprint density at radius 1 is 1.25 bits per heavy atom. The molecule has 2 N–H and O–H groups in total. The topological polar surface area (TPSA) is 63.2 Å². The lowest BCUT2D eigenvalue weighted by Crippen LogP contribution is -2.15. The molecule has 0 aliphatic carbocycles. The number of pyridine rings is 1. The van der Waals surface area contributed by atoms with Crippen molar-refractivity contribution < 1.29 is 9.53 Å². The van der Waals surface area contributed by atoms with Gasteiger partial charge in [-0.3, -0.25) is 4.79 Å². The van der Waals surface area contributed by atoms with Gasteiger partial charge in [-0.05, 0) is 36.8 Å². The molecule has 1 aromatic carbocycles. The third-order valence-corrected chi connectivity index (χ3v) is 2.89. The van der Waals surface area contributed by atoms with Gasteiger partial charge in [-0.2, -0.15) is 0 Å². The van der Waals surface area contributed by atoms with Crippen LogP contribution >= 0.6 is 0 Å². The summed E-state index contributed by atoms with van der Waals surface area (Å²) in [6, 6.07) is 8.96. The first-order valence-corrected chi connectivity index (χ1v) is 6.24. The number of aromatic nitrogens is 1. The van der Waals surface area contributed by atoms with Crippen molar-refractivity contribution in [2.75, 3.05) is 24.8 Å². The number of carbonyl (C=O) groups is 1. The Balaban J connectivity index is 2.25. The smallest absolute Gasteiger partial charge is 0.259 e. The number of rotatable bonds is 4. The minimum Gasteiger partial charge on any atom is -0.497 e. The fourth-order valence-electron chi connectivity index (χ4n) is 1.78. The average Bonchev–Trinajstić information content (AvgIpc) is 2.48. The van der Waals surface area contributed by atoms with E-state index in [9.17, 15) is 4.79 Å². The number of aryl methyl sites for hydroxylation is 1. The van der Waals surface area contributed by atoms with Crippen LogP contribution in [0.2, 0.25) is 0 Å². The maximum Gasteiger partial charge on any atom is 0.259 e. The molecule has 0 fully saturated rings. The largest absolute Gasteiger partial charge is 0.497 e. The van der Waals surface area contributed by atoms with Gasteiger partial charge in [0.1, 0.15) is 11.6 Å². The van der Waals surface area contributed by atoms with Gasteiger partial charge in [0, 0.05) is 18.9 Å². The molecule has 0 saturated heterocycles. The van der Waals surface area contributed by atoms with Crippen molar-refractivity contribution in [3.63, 3.8) is 0 Å². The number of hydrogen-bond donors (Lipinski definition) is 2. The van der Waals surface area contributed by atoms with E-state index in [-0.39, 0.29) is 5.91 Å². The molecule has 5 heteroatoms. The number of anilines is 2. The van der Waals surface area contributed by atoms with Crippen LogP contribution in [0.5, 0.6) is 5.75 Å². The number of carbonyl (C=O) groups excluding carboxylic acids is 1. The van der Waals surface area contributed by atoms with Gasteiger partial charge in [-0.15, -0.1) is 0 Å². The van der Waals surface area contributed by atoms with Crippen molar-refractivity contribution >= 4 is 17.4 Å². The number of ether oxygens (including phenoxy) is 1. The number of nitrogens with one attached hydrogen (secondary N) is 2. The molecule has 5 nitrogen and oxygen atoms in total. The summed E-state index contributed by atoms with van der Waals surface area (Å²) in [6.45, 7) is 1.94. The van der Waals surface area contributed by atoms with Gasteiger partial charge in [0.15, 0.2) is 0 Å². The number of hydrogen-bond acceptors (Lipinski definition) is 4. The lowest BCUT2D eigenvalue weighted by molar-refractivity contribution is 0.102. The van der Waals surface area contributed by atoms with Crippen LogP contribution in [0.4, 0.5) is 11.5 Å². The molecule has 0 spiro atoms. The summed E-state index contributed by atoms with van der Waals surface area (Å²) in [4.78, 5) is 16.5. The van der Waals surface area contributed by atoms with Crippen LogP contribution in [0.3, 0.4) is 0 Å². The monoisotopic (exact) mass is 271 g/mol. The second-order valence-corrected chi connectivity index (χ2v) is 4.34. The summed E-state index contributed by atoms with van der Waals surface area (Å²) in [5.41, 5.74) is 2.28. The first kappa shape index (κ1) is 13.9. The Hall–Kier alpha value is -2.56. The predicted octanol–water partition coefficient (Wildman–Crippen LogP) is 2.69. The highest BCUT2D eigenvalue weighted by molar-refractivity contribution is 6.07. The van der Waals surface area contributed by atoms with Crippen LogP contribution in [0, 0.1) is 6.92 Å². The zero-order valence-corrected chi connectivity index (χ0v) is 11.7. The Morgan fingerprint density at radius 2 is 2.05 bits per heavy atom. The number of amides is 1. The van der Waals surface area contributed by atoms with Crippen molar-refractivity contribution in [3.8, 4) is 5.75 Å². The molecule has 20 heavy (non-hydrogen) atoms. The van der Waals surface area contributed by atoms with Crippen LogP contribution in [0.25, 0.3) is 0 Å². The van der Waals surface area contributed by atoms with Crippen molar-refractivity contribution in [2.24, 2.45) is 0 Å². The van der Waals surface area contributed by atoms with Gasteiger partial charge in [-0.25, -0.2) is 4.98 Å². The molecule has 1 heterocycles. The van der Waals surface area contributed by atoms with E-state index in [1.54, 1.807) is 44.6 Å². The minimum absolute atomic E-state index is 0.232. The van der Waals surface area contributed by atoms with E-state index in [2.05, 4.69) is 15.6 Å². The summed E-state index contributed by atoms with van der Waals surface area (Å²) in [5, 5.41) is 5.75. The summed E-state index contributed by atoms with van der Waals surface area (Å²) in [6.07, 6.45) is 1.71. The standard InChI is InChI=1S/C15H17N3O2/c1-10-4-7-14(17-9-10)18-15(19)12-8-11(20-3)5-6-13(12)16-2/h4-9,16H,1-3H3,(H,17,18,19). The van der Waals surface area contributed by atoms with E-state index >= 15 is 0 Å². The number of nitrogens with zero attached hydrogens (tertiary/aromatic N) is 1. The first-order chi connectivity index (χ1) is 9.63. The van der Waals surface area contributed by atoms with E-state index < -0.39 is 0 Å². The quantitative estimate of drug-likeness (QED) is 0.897. The summed E-state index contributed by atoms with van der Waals surface area (Å²) in [7, 11) is 3.33. The molecular formula is C15H17N3O2. The van der Waals surface area contributed by atoms with Gasteiger partial charge in [0.2, 0.25) is 0 Å². The number of benzene rings is 1. The minimum atomic E-state index is -0.232. The Morgan fingerprint density at radius 3 is 2.65 bits per heavy atom. The summed E-state index contributed by atoms with van der Waals surface area (Å²) < 4.78 is 5.15. The van der Waals surface area contributed by atoms with Crippen molar-refractivity contribution in [1.82, 2.24) is 4.98 Å². The molecule has 0 atom stereocenters. The highest BCUT2D eigenvalue weighted by Gasteiger charge is 2.12. The molecule has 0 radical (unpaired) electrons. The summed E-state index contributed by atoms with van der Waals surface area (Å²) >= 11 is 0. The third kappa shape index (κ3) is 3.06. The van der Waals surface area contributed by atoms with Crippen LogP contribution in [-0.4, -0.2) is 25.0 Å². The van der Waals surface area contributed by atoms with E-state index in [1.807, 2.05) is 13.0 Å². The van der Waals surface area contributed by atoms with Gasteiger partial charge < -0.3 is 15.4 Å². The Labute approximate surface area is 118 Å². The fourth-order valence-corrected chi connectivity index (χ4v) is 1.78. The average molecular weight is 271 g/mol. The molecule has 0 bridgehead atoms. The number of methoxy groups -OCH3 is 1. The predicted molar refractivity (Wildman–Crippen MR) is 79.5 cm³/mol. The third-order valence-electron chi connectivity index (χ3n) is 2.89. The molecule has 2 rings (SSSR count). The second kappa shape index (κ2) is 6.06. The molecule has 0 saturated carbocycles. The lowest BCUT2D eigenvalue weighted by atomic mass is 10.1. The van der Waals surface area contributed by atoms with E-state index in [1.165, 1.54) is 0 Å². The molecule has 1 aromatic heterocycles. The summed E-state index contributed by atoms with van der Waals surface area (Å²) in [5.74, 6) is 0.918. The van der Waals surface area contributed by atoms with E-state index in [0.717, 1.165) is 11.3 Å². The van der Waals surface area contributed by atoms with Crippen LogP contribution in [-0.2, 0) is 0 Å². The first-order valence-electron chi connectivity index (χ1n) is 6.24. The molecule has 2 aromatic rings. The van der Waals surface area contributed by atoms with E-state index in [4.69, 9.17) is 4.74 Å². The molecular weight excluding hydrogens is 254 g/mol. The van der Waals surface area contributed by atoms with Crippen molar-refractivity contribution in [1.29, 1.82) is 0 Å². The van der Waals surface area contributed by atoms with Crippen molar-refractivity contribution in [3.05, 3.63) is 47.7 Å². The Kier molecular flexibility index (Phi) is 4.20. The molecule has 0 aliphatic rings. The van der Waals surface area contributed by atoms with Gasteiger partial charge >= 0.3 is 0 Å². The molecule has 104 valence electrons. The van der Waals surface area contributed by atoms with Gasteiger partial charge in [0.05, 0.1) is 12.7 Å². The van der Waals surface area contributed by atoms with Crippen LogP contribution in [0.15, 0.2) is 36.5 Å². The molecule has 0 aliphatic heterocycles. The SMILES string of the molecule is CNc1ccc(OC)cc1C(=O)Nc1ccc(C)cn1. The highest BCUT2D eigenvalue weighted by Crippen LogP contribution is 2.22. The van der Waals surface area contributed by atoms with Crippen molar-refractivity contribution in [2.45, 2.75) is 6.92 Å². The maximum absolute atomic E-state index is 12.3. The maximum atomic E-state index is 12.3. The van der Waals surface area contributed by atoms with Crippen LogP contribution < -0.4 is 15.4 Å². The molecule has 1 amide bonds. The normalized spacial score (nSPS) is 9.95. The van der Waals surface area contributed by atoms with Gasteiger partial charge in [0.25, 0.3) is 5.91 Å². The highest BCUT2D eigenvalue weighted by atomic mass is 16.5. The second-order valence-electron chi connectivity index (χ2n) is 4.34. The molecule has 0 unspecified atom stereocenters. The van der Waals surface area contributed by atoms with E-state index in [0.29, 0.717) is 17.1 Å². The Bertz CT molecular complexity index is 609. The fraction of sp³-hybridized carbons (Fsp3) is 0.200. The lowest BCUT2D eigenvalue weighted by Gasteiger charge is -2.11. The van der Waals surface area contributed by atoms with Crippen LogP contribution in [0.1, 0.15) is 15.9 Å². The van der Waals surface area contributed by atoms with Gasteiger partial charge in [-0.1, -0.05) is 6.07 Å².